The maximum atomic E-state index is 11.7. The molecule has 3 rings (SSSR count). The van der Waals surface area contributed by atoms with Crippen molar-refractivity contribution in [3.63, 3.8) is 0 Å². The van der Waals surface area contributed by atoms with E-state index < -0.39 is 26.7 Å². The van der Waals surface area contributed by atoms with E-state index in [1.54, 1.807) is 24.3 Å². The van der Waals surface area contributed by atoms with Crippen LogP contribution in [0.4, 0.5) is 17.1 Å². The van der Waals surface area contributed by atoms with Gasteiger partial charge in [0.15, 0.2) is 5.75 Å². The molecule has 0 aliphatic rings. The number of phenols is 1. The molecule has 0 radical (unpaired) electrons. The fraction of sp³-hybridized carbons (Fsp3) is 0.105. The normalized spacial score (nSPS) is 11.8. The molecule has 0 spiro atoms. The summed E-state index contributed by atoms with van der Waals surface area (Å²) in [4.78, 5) is 11.2. The van der Waals surface area contributed by atoms with Gasteiger partial charge in [-0.1, -0.05) is 5.04 Å². The Balaban J connectivity index is 2.24. The number of benzene rings is 3. The molecule has 0 atom stereocenters. The van der Waals surface area contributed by atoms with Crippen molar-refractivity contribution in [1.82, 2.24) is 0 Å². The fourth-order valence-electron chi connectivity index (χ4n) is 2.87. The SMILES string of the molecule is COc1ccc(N=Nc2c(SOOO)cc3cc(S(=O)(=O)O)cc(NC(C)=O)c3c2O)cc1. The Labute approximate surface area is 191 Å². The highest BCUT2D eigenvalue weighted by Gasteiger charge is 2.21. The molecule has 174 valence electrons. The van der Waals surface area contributed by atoms with E-state index in [9.17, 15) is 22.9 Å². The number of rotatable bonds is 8. The van der Waals surface area contributed by atoms with Crippen molar-refractivity contribution in [3.05, 3.63) is 42.5 Å². The van der Waals surface area contributed by atoms with Crippen molar-refractivity contribution in [1.29, 1.82) is 0 Å². The minimum atomic E-state index is -4.65. The summed E-state index contributed by atoms with van der Waals surface area (Å²) in [7, 11) is -3.13. The van der Waals surface area contributed by atoms with Gasteiger partial charge in [0.1, 0.15) is 11.4 Å². The standard InChI is InChI=1S/C19H17N3O9S2/c1-10(23)20-15-9-14(33(26,27)28)7-11-8-16(32-31-30-25)18(19(24)17(11)15)22-21-12-3-5-13(29-2)6-4-12/h3-9,24-25H,1-2H3,(H,20,23)(H,26,27,28). The molecule has 0 aliphatic carbocycles. The molecule has 12 nitrogen and oxygen atoms in total. The Morgan fingerprint density at radius 3 is 2.39 bits per heavy atom. The van der Waals surface area contributed by atoms with E-state index >= 15 is 0 Å². The van der Waals surface area contributed by atoms with Crippen molar-refractivity contribution in [3.8, 4) is 11.5 Å². The van der Waals surface area contributed by atoms with Crippen molar-refractivity contribution < 1.29 is 42.2 Å². The monoisotopic (exact) mass is 495 g/mol. The second kappa shape index (κ2) is 10.1. The zero-order chi connectivity index (χ0) is 24.2. The van der Waals surface area contributed by atoms with E-state index in [1.165, 1.54) is 20.1 Å². The lowest BCUT2D eigenvalue weighted by Gasteiger charge is -2.14. The number of hydrogen-bond donors (Lipinski definition) is 4. The predicted molar refractivity (Wildman–Crippen MR) is 118 cm³/mol. The summed E-state index contributed by atoms with van der Waals surface area (Å²) in [5.41, 5.74) is 0.183. The maximum absolute atomic E-state index is 11.7. The first-order valence-electron chi connectivity index (χ1n) is 8.93. The molecule has 4 N–H and O–H groups in total. The van der Waals surface area contributed by atoms with Crippen molar-refractivity contribution in [2.45, 2.75) is 16.7 Å². The lowest BCUT2D eigenvalue weighted by molar-refractivity contribution is -0.432. The van der Waals surface area contributed by atoms with Crippen LogP contribution >= 0.6 is 12.0 Å². The van der Waals surface area contributed by atoms with Crippen LogP contribution in [0.1, 0.15) is 6.92 Å². The molecule has 0 saturated carbocycles. The molecule has 0 heterocycles. The summed E-state index contributed by atoms with van der Waals surface area (Å²) < 4.78 is 42.3. The second-order valence-electron chi connectivity index (χ2n) is 6.42. The Morgan fingerprint density at radius 2 is 1.82 bits per heavy atom. The first-order valence-corrected chi connectivity index (χ1v) is 11.1. The molecule has 33 heavy (non-hydrogen) atoms. The third-order valence-corrected chi connectivity index (χ3v) is 5.68. The van der Waals surface area contributed by atoms with Gasteiger partial charge >= 0.3 is 0 Å². The molecule has 0 fully saturated rings. The average Bonchev–Trinajstić information content (AvgIpc) is 2.76. The largest absolute Gasteiger partial charge is 0.505 e. The number of carbonyl (C=O) groups excluding carboxylic acids is 1. The van der Waals surface area contributed by atoms with Crippen LogP contribution in [0.15, 0.2) is 62.5 Å². The lowest BCUT2D eigenvalue weighted by atomic mass is 10.1. The Kier molecular flexibility index (Phi) is 7.47. The number of aromatic hydroxyl groups is 1. The number of ether oxygens (including phenoxy) is 1. The van der Waals surface area contributed by atoms with Crippen LogP contribution < -0.4 is 10.1 Å². The maximum Gasteiger partial charge on any atom is 0.294 e. The van der Waals surface area contributed by atoms with Crippen molar-refractivity contribution in [2.24, 2.45) is 10.2 Å². The zero-order valence-electron chi connectivity index (χ0n) is 17.0. The number of nitrogens with one attached hydrogen (secondary N) is 1. The number of hydrogen-bond acceptors (Lipinski definition) is 11. The molecular weight excluding hydrogens is 478 g/mol. The average molecular weight is 495 g/mol. The summed E-state index contributed by atoms with van der Waals surface area (Å²) in [6, 6.07) is 9.93. The molecular formula is C19H17N3O9S2. The molecule has 0 saturated heterocycles. The molecule has 0 bridgehead atoms. The van der Waals surface area contributed by atoms with E-state index in [0.717, 1.165) is 12.1 Å². The Morgan fingerprint density at radius 1 is 1.12 bits per heavy atom. The molecule has 0 aliphatic heterocycles. The summed E-state index contributed by atoms with van der Waals surface area (Å²) >= 11 is 0.445. The van der Waals surface area contributed by atoms with E-state index in [0.29, 0.717) is 23.5 Å². The minimum Gasteiger partial charge on any atom is -0.505 e. The highest BCUT2D eigenvalue weighted by atomic mass is 32.2. The van der Waals surface area contributed by atoms with Gasteiger partial charge in [-0.15, -0.1) is 9.45 Å². The van der Waals surface area contributed by atoms with Crippen LogP contribution in [0.3, 0.4) is 0 Å². The Bertz CT molecular complexity index is 1330. The van der Waals surface area contributed by atoms with Crippen LogP contribution in [0.2, 0.25) is 0 Å². The number of fused-ring (bicyclic) bond motifs is 1. The van der Waals surface area contributed by atoms with E-state index in [1.807, 2.05) is 0 Å². The minimum absolute atomic E-state index is 0.0237. The summed E-state index contributed by atoms with van der Waals surface area (Å²) in [5, 5.41) is 33.7. The van der Waals surface area contributed by atoms with Crippen LogP contribution in [-0.4, -0.2) is 36.4 Å². The van der Waals surface area contributed by atoms with Gasteiger partial charge in [0.25, 0.3) is 10.1 Å². The van der Waals surface area contributed by atoms with Crippen LogP contribution in [0.25, 0.3) is 10.8 Å². The van der Waals surface area contributed by atoms with Gasteiger partial charge in [-0.05, 0) is 47.9 Å². The van der Waals surface area contributed by atoms with Crippen molar-refractivity contribution in [2.75, 3.05) is 12.4 Å². The van der Waals surface area contributed by atoms with E-state index in [4.69, 9.17) is 9.99 Å². The number of azo groups is 1. The number of nitrogens with zero attached hydrogens (tertiary/aromatic N) is 2. The molecule has 3 aromatic rings. The highest BCUT2D eigenvalue weighted by Crippen LogP contribution is 2.47. The molecule has 14 heteroatoms. The summed E-state index contributed by atoms with van der Waals surface area (Å²) in [6.07, 6.45) is 0. The first kappa shape index (κ1) is 24.4. The number of carbonyl (C=O) groups is 1. The van der Waals surface area contributed by atoms with Gasteiger partial charge in [0.05, 0.1) is 40.3 Å². The summed E-state index contributed by atoms with van der Waals surface area (Å²) in [6.45, 7) is 1.18. The number of anilines is 1. The van der Waals surface area contributed by atoms with E-state index in [2.05, 4.69) is 24.9 Å². The first-order chi connectivity index (χ1) is 15.6. The Hall–Kier alpha value is -3.27. The van der Waals surface area contributed by atoms with Gasteiger partial charge in [-0.3, -0.25) is 9.35 Å². The fourth-order valence-corrected chi connectivity index (χ4v) is 3.90. The molecule has 0 unspecified atom stereocenters. The smallest absolute Gasteiger partial charge is 0.294 e. The second-order valence-corrected chi connectivity index (χ2v) is 8.59. The van der Waals surface area contributed by atoms with Gasteiger partial charge < -0.3 is 15.2 Å². The molecule has 3 aromatic carbocycles. The van der Waals surface area contributed by atoms with Gasteiger partial charge in [-0.2, -0.15) is 13.5 Å². The van der Waals surface area contributed by atoms with Crippen LogP contribution in [-0.2, 0) is 24.3 Å². The van der Waals surface area contributed by atoms with Crippen molar-refractivity contribution >= 4 is 55.9 Å². The quantitative estimate of drug-likeness (QED) is 0.113. The van der Waals surface area contributed by atoms with Crippen LogP contribution in [0.5, 0.6) is 11.5 Å². The third-order valence-electron chi connectivity index (χ3n) is 4.22. The summed E-state index contributed by atoms with van der Waals surface area (Å²) in [5.74, 6) is -0.443. The lowest BCUT2D eigenvalue weighted by Crippen LogP contribution is -2.08. The van der Waals surface area contributed by atoms with Gasteiger partial charge in [0, 0.05) is 12.3 Å². The van der Waals surface area contributed by atoms with E-state index in [-0.39, 0.29) is 27.0 Å². The van der Waals surface area contributed by atoms with Gasteiger partial charge in [-0.25, -0.2) is 5.26 Å². The number of methoxy groups -OCH3 is 1. The zero-order valence-corrected chi connectivity index (χ0v) is 18.7. The van der Waals surface area contributed by atoms with Crippen LogP contribution in [0, 0.1) is 0 Å². The topological polar surface area (TPSA) is 176 Å². The molecule has 0 aromatic heterocycles. The van der Waals surface area contributed by atoms with Gasteiger partial charge in [0.2, 0.25) is 5.91 Å². The predicted octanol–water partition coefficient (Wildman–Crippen LogP) is 4.60. The molecule has 1 amide bonds. The highest BCUT2D eigenvalue weighted by molar-refractivity contribution is 7.94. The third kappa shape index (κ3) is 5.75. The number of phenolic OH excluding ortho intramolecular Hbond substituents is 1. The number of amides is 1.